The van der Waals surface area contributed by atoms with Crippen LogP contribution in [0.5, 0.6) is 23.0 Å². The summed E-state index contributed by atoms with van der Waals surface area (Å²) in [5.41, 5.74) is 4.81. The number of nitrogens with zero attached hydrogens (tertiary/aromatic N) is 6. The number of hydrogen-bond acceptors (Lipinski definition) is 8. The average Bonchev–Trinajstić information content (AvgIpc) is 4.16. The molecule has 4 aromatic carbocycles. The summed E-state index contributed by atoms with van der Waals surface area (Å²) in [6, 6.07) is 16.7. The number of ketones is 1. The number of benzene rings is 4. The Balaban J connectivity index is 0.000000170. The molecule has 0 saturated heterocycles. The molecule has 0 spiro atoms. The van der Waals surface area contributed by atoms with Crippen LogP contribution >= 0.6 is 0 Å². The van der Waals surface area contributed by atoms with E-state index in [0.29, 0.717) is 72.5 Å². The lowest BCUT2D eigenvalue weighted by atomic mass is 10.0. The number of rotatable bonds is 11. The van der Waals surface area contributed by atoms with Gasteiger partial charge in [0.25, 0.3) is 11.1 Å². The molecular weight excluding hydrogens is 887 g/mol. The zero-order valence-corrected chi connectivity index (χ0v) is 36.7. The van der Waals surface area contributed by atoms with Gasteiger partial charge in [-0.15, -0.1) is 0 Å². The van der Waals surface area contributed by atoms with E-state index < -0.39 is 23.3 Å². The Hall–Kier alpha value is -8.74. The van der Waals surface area contributed by atoms with E-state index in [1.165, 1.54) is 41.0 Å². The minimum atomic E-state index is -0.882. The van der Waals surface area contributed by atoms with Gasteiger partial charge in [-0.3, -0.25) is 19.2 Å². The number of carbonyl (C=O) groups excluding carboxylic acids is 2. The van der Waals surface area contributed by atoms with Gasteiger partial charge in [-0.2, -0.15) is 0 Å². The molecule has 6 heterocycles. The smallest absolute Gasteiger partial charge is 0.274 e. The van der Waals surface area contributed by atoms with Crippen molar-refractivity contribution in [1.82, 2.24) is 43.5 Å². The van der Waals surface area contributed by atoms with Gasteiger partial charge in [0.15, 0.2) is 40.4 Å². The summed E-state index contributed by atoms with van der Waals surface area (Å²) in [6.07, 6.45) is 10.1. The molecule has 3 N–H and O–H groups in total. The second kappa shape index (κ2) is 17.9. The first kappa shape index (κ1) is 44.5. The summed E-state index contributed by atoms with van der Waals surface area (Å²) in [6.45, 7) is 1.87. The Kier molecular flexibility index (Phi) is 11.7. The average molecular weight is 926 g/mol. The van der Waals surface area contributed by atoms with E-state index >= 15 is 0 Å². The minimum Gasteiger partial charge on any atom is -0.451 e. The number of nitrogens with one attached hydrogen (secondary N) is 3. The highest BCUT2D eigenvalue weighted by Gasteiger charge is 2.24. The van der Waals surface area contributed by atoms with Gasteiger partial charge in [0.05, 0.1) is 30.2 Å². The molecule has 1 amide bonds. The fraction of sp³-hybridized carbons (Fsp3) is 0.143. The maximum Gasteiger partial charge on any atom is 0.274 e. The lowest BCUT2D eigenvalue weighted by Crippen LogP contribution is -2.23. The van der Waals surface area contributed by atoms with Crippen molar-refractivity contribution < 1.29 is 36.6 Å². The molecule has 344 valence electrons. The highest BCUT2D eigenvalue weighted by atomic mass is 19.1. The van der Waals surface area contributed by atoms with Gasteiger partial charge < -0.3 is 43.0 Å². The number of hydrogen-bond donors (Lipinski definition) is 3. The Morgan fingerprint density at radius 3 is 1.76 bits per heavy atom. The van der Waals surface area contributed by atoms with Crippen LogP contribution in [-0.4, -0.2) is 56.9 Å². The summed E-state index contributed by atoms with van der Waals surface area (Å²) >= 11 is 0. The number of halogens is 4. The lowest BCUT2D eigenvalue weighted by molar-refractivity contribution is -0.121. The molecule has 0 atom stereocenters. The Labute approximate surface area is 381 Å². The fourth-order valence-corrected chi connectivity index (χ4v) is 7.95. The van der Waals surface area contributed by atoms with E-state index in [0.717, 1.165) is 24.3 Å². The van der Waals surface area contributed by atoms with Gasteiger partial charge in [0.2, 0.25) is 5.91 Å². The Morgan fingerprint density at radius 2 is 1.21 bits per heavy atom. The Morgan fingerprint density at radius 1 is 0.662 bits per heavy atom. The molecule has 0 aliphatic rings. The number of H-pyrrole nitrogens is 2. The molecule has 15 nitrogen and oxygen atoms in total. The zero-order valence-electron chi connectivity index (χ0n) is 36.7. The number of aromatic amines is 2. The molecule has 0 fully saturated rings. The van der Waals surface area contributed by atoms with Crippen molar-refractivity contribution in [2.24, 2.45) is 14.1 Å². The van der Waals surface area contributed by atoms with Crippen LogP contribution in [0.1, 0.15) is 13.3 Å². The lowest BCUT2D eigenvalue weighted by Gasteiger charge is -2.16. The summed E-state index contributed by atoms with van der Waals surface area (Å²) in [7, 11) is 4.78. The third-order valence-electron chi connectivity index (χ3n) is 11.4. The number of imidazole rings is 2. The van der Waals surface area contributed by atoms with E-state index in [4.69, 9.17) is 9.47 Å². The zero-order chi connectivity index (χ0) is 48.0. The second-order valence-electron chi connectivity index (χ2n) is 15.7. The number of fused-ring (bicyclic) bond motifs is 4. The fourth-order valence-electron chi connectivity index (χ4n) is 7.95. The maximum atomic E-state index is 14.6. The molecule has 0 unspecified atom stereocenters. The molecule has 68 heavy (non-hydrogen) atoms. The third-order valence-corrected chi connectivity index (χ3v) is 11.4. The largest absolute Gasteiger partial charge is 0.451 e. The number of pyridine rings is 2. The predicted octanol–water partition coefficient (Wildman–Crippen LogP) is 8.63. The highest BCUT2D eigenvalue weighted by Crippen LogP contribution is 2.43. The van der Waals surface area contributed by atoms with E-state index in [9.17, 15) is 36.7 Å². The molecule has 6 aromatic heterocycles. The van der Waals surface area contributed by atoms with Crippen LogP contribution in [0.3, 0.4) is 0 Å². The van der Waals surface area contributed by atoms with Crippen molar-refractivity contribution >= 4 is 55.6 Å². The molecule has 0 bridgehead atoms. The van der Waals surface area contributed by atoms with Gasteiger partial charge in [0, 0.05) is 97.5 Å². The van der Waals surface area contributed by atoms with Crippen LogP contribution < -0.4 is 25.9 Å². The van der Waals surface area contributed by atoms with Crippen molar-refractivity contribution in [3.8, 4) is 45.3 Å². The van der Waals surface area contributed by atoms with Crippen molar-refractivity contribution in [2.45, 2.75) is 26.4 Å². The number of Topliss-reactive ketones (excluding diaryl/α,β-unsaturated/α-hetero) is 1. The number of aromatic nitrogens is 8. The SMILES string of the molecule is CCC(=O)Cn1cnc2c(Oc3ccc(F)cc3F)c(-c3cn(C)c(=O)c4[nH]ccc34)ccc21.CNC(=O)Cn1cnc2ccc(-c3cn(C)c(=O)c4[nH]ccc34)c(Oc3ccc(F)cc3F)c21. The maximum absolute atomic E-state index is 14.6. The van der Waals surface area contributed by atoms with Crippen LogP contribution in [0, 0.1) is 23.3 Å². The molecule has 10 rings (SSSR count). The third kappa shape index (κ3) is 8.14. The minimum absolute atomic E-state index is 0.0301. The molecule has 10 aromatic rings. The van der Waals surface area contributed by atoms with E-state index in [2.05, 4.69) is 25.3 Å². The van der Waals surface area contributed by atoms with Gasteiger partial charge in [-0.05, 0) is 60.7 Å². The summed E-state index contributed by atoms with van der Waals surface area (Å²) < 4.78 is 74.3. The summed E-state index contributed by atoms with van der Waals surface area (Å²) in [4.78, 5) is 64.0. The standard InChI is InChI=1S/C25H20F2N4O3.C24H19F2N5O3/c1-3-15(32)11-31-13-29-23-20(31)6-5-17(24(23)34-21-7-4-14(26)10-19(21)27)18-12-30(2)25(33)22-16(18)8-9-28-22;1-27-20(32)11-31-12-29-18-5-4-15(16-10-30(2)24(33)21-14(16)7-8-28-21)23(22(18)31)34-19-6-3-13(25)9-17(19)26/h4-10,12-13,28H,3,11H2,1-2H3;3-10,12,28H,11H2,1-2H3,(H,27,32). The number of amides is 1. The van der Waals surface area contributed by atoms with Gasteiger partial charge in [-0.25, -0.2) is 27.5 Å². The van der Waals surface area contributed by atoms with Gasteiger partial charge in [0.1, 0.15) is 40.2 Å². The van der Waals surface area contributed by atoms with Crippen molar-refractivity contribution in [2.75, 3.05) is 7.05 Å². The quantitative estimate of drug-likeness (QED) is 0.108. The van der Waals surface area contributed by atoms with E-state index in [1.54, 1.807) is 91.3 Å². The van der Waals surface area contributed by atoms with Crippen LogP contribution in [-0.2, 0) is 36.8 Å². The van der Waals surface area contributed by atoms with Crippen LogP contribution in [0.25, 0.3) is 66.1 Å². The Bertz CT molecular complexity index is 3750. The van der Waals surface area contributed by atoms with Crippen LogP contribution in [0.15, 0.2) is 120 Å². The second-order valence-corrected chi connectivity index (χ2v) is 15.7. The summed E-state index contributed by atoms with van der Waals surface area (Å²) in [5, 5.41) is 3.86. The molecule has 0 saturated carbocycles. The van der Waals surface area contributed by atoms with Crippen molar-refractivity contribution in [3.63, 3.8) is 0 Å². The van der Waals surface area contributed by atoms with E-state index in [-0.39, 0.29) is 58.9 Å². The first-order valence-electron chi connectivity index (χ1n) is 21.0. The number of carbonyl (C=O) groups is 2. The molecule has 19 heteroatoms. The first-order valence-corrected chi connectivity index (χ1v) is 21.0. The number of aryl methyl sites for hydroxylation is 2. The number of likely N-dealkylation sites (N-methyl/N-ethyl adjacent to an activating group) is 1. The molecule has 0 aliphatic heterocycles. The molecular formula is C49H39F4N9O6. The van der Waals surface area contributed by atoms with Crippen LogP contribution in [0.2, 0.25) is 0 Å². The topological polar surface area (TPSA) is 176 Å². The van der Waals surface area contributed by atoms with Crippen molar-refractivity contribution in [3.05, 3.63) is 154 Å². The van der Waals surface area contributed by atoms with Gasteiger partial charge >= 0.3 is 0 Å². The van der Waals surface area contributed by atoms with Gasteiger partial charge in [-0.1, -0.05) is 6.92 Å². The first-order chi connectivity index (χ1) is 32.7. The predicted molar refractivity (Wildman–Crippen MR) is 247 cm³/mol. The summed E-state index contributed by atoms with van der Waals surface area (Å²) in [5.74, 6) is -3.37. The monoisotopic (exact) mass is 925 g/mol. The number of ether oxygens (including phenoxy) is 2. The van der Waals surface area contributed by atoms with Crippen molar-refractivity contribution in [1.29, 1.82) is 0 Å². The normalized spacial score (nSPS) is 11.4. The molecule has 0 radical (unpaired) electrons. The van der Waals surface area contributed by atoms with E-state index in [1.807, 2.05) is 0 Å². The molecule has 0 aliphatic carbocycles. The highest BCUT2D eigenvalue weighted by molar-refractivity contribution is 6.02. The van der Waals surface area contributed by atoms with Crippen LogP contribution in [0.4, 0.5) is 17.6 Å².